The molecular weight excluding hydrogens is 210 g/mol. The highest BCUT2D eigenvalue weighted by molar-refractivity contribution is 5.89. The Balaban J connectivity index is 1.98. The molecular formula is C11H17NO4. The monoisotopic (exact) mass is 227 g/mol. The third-order valence-electron chi connectivity index (χ3n) is 2.70. The van der Waals surface area contributed by atoms with Crippen LogP contribution in [0.25, 0.3) is 0 Å². The fourth-order valence-electron chi connectivity index (χ4n) is 1.96. The first kappa shape index (κ1) is 11.4. The molecule has 0 aromatic rings. The van der Waals surface area contributed by atoms with Gasteiger partial charge in [0.1, 0.15) is 11.7 Å². The zero-order chi connectivity index (χ0) is 11.9. The minimum atomic E-state index is -0.502. The summed E-state index contributed by atoms with van der Waals surface area (Å²) < 4.78 is 10.6. The Morgan fingerprint density at radius 2 is 2.12 bits per heavy atom. The Hall–Kier alpha value is -1.10. The standard InChI is InChI=1S/C11H17NO4/c1-11(2,3)16-10(14)12-4-7-6-15-8(5-12)9(7)13/h7-8H,4-6H2,1-3H3/t7-,8+/m0/s1. The zero-order valence-corrected chi connectivity index (χ0v) is 9.86. The lowest BCUT2D eigenvalue weighted by molar-refractivity contribution is -0.127. The number of carbonyl (C=O) groups is 2. The third kappa shape index (κ3) is 2.19. The fourth-order valence-corrected chi connectivity index (χ4v) is 1.96. The van der Waals surface area contributed by atoms with Crippen LogP contribution in [0.5, 0.6) is 0 Å². The van der Waals surface area contributed by atoms with Crippen molar-refractivity contribution in [1.29, 1.82) is 0 Å². The molecule has 2 aliphatic heterocycles. The minimum Gasteiger partial charge on any atom is -0.444 e. The molecule has 5 heteroatoms. The molecule has 5 nitrogen and oxygen atoms in total. The number of hydrogen-bond acceptors (Lipinski definition) is 4. The number of amides is 1. The molecule has 0 radical (unpaired) electrons. The van der Waals surface area contributed by atoms with Gasteiger partial charge in [0, 0.05) is 6.54 Å². The maximum absolute atomic E-state index is 11.8. The van der Waals surface area contributed by atoms with E-state index in [0.717, 1.165) is 0 Å². The number of fused-ring (bicyclic) bond motifs is 2. The summed E-state index contributed by atoms with van der Waals surface area (Å²) >= 11 is 0. The Labute approximate surface area is 94.7 Å². The number of rotatable bonds is 0. The molecule has 0 N–H and O–H groups in total. The molecule has 2 atom stereocenters. The van der Waals surface area contributed by atoms with E-state index in [0.29, 0.717) is 19.7 Å². The van der Waals surface area contributed by atoms with Crippen LogP contribution in [0, 0.1) is 5.92 Å². The average molecular weight is 227 g/mol. The van der Waals surface area contributed by atoms with Crippen molar-refractivity contribution in [3.8, 4) is 0 Å². The normalized spacial score (nSPS) is 29.4. The molecule has 2 saturated heterocycles. The lowest BCUT2D eigenvalue weighted by atomic mass is 9.99. The average Bonchev–Trinajstić information content (AvgIpc) is 2.38. The fraction of sp³-hybridized carbons (Fsp3) is 0.818. The van der Waals surface area contributed by atoms with E-state index in [2.05, 4.69) is 0 Å². The molecule has 16 heavy (non-hydrogen) atoms. The van der Waals surface area contributed by atoms with Gasteiger partial charge in [0.05, 0.1) is 19.1 Å². The van der Waals surface area contributed by atoms with Gasteiger partial charge in [-0.3, -0.25) is 4.79 Å². The molecule has 2 heterocycles. The highest BCUT2D eigenvalue weighted by Crippen LogP contribution is 2.24. The summed E-state index contributed by atoms with van der Waals surface area (Å²) in [4.78, 5) is 24.9. The van der Waals surface area contributed by atoms with Crippen LogP contribution >= 0.6 is 0 Å². The number of Topliss-reactive ketones (excluding diaryl/α,β-unsaturated/α-hetero) is 1. The van der Waals surface area contributed by atoms with Crippen molar-refractivity contribution in [2.45, 2.75) is 32.5 Å². The molecule has 90 valence electrons. The first-order chi connectivity index (χ1) is 7.37. The number of nitrogens with zero attached hydrogens (tertiary/aromatic N) is 1. The van der Waals surface area contributed by atoms with E-state index in [-0.39, 0.29) is 17.8 Å². The lowest BCUT2D eigenvalue weighted by Gasteiger charge is -2.31. The summed E-state index contributed by atoms with van der Waals surface area (Å²) in [6, 6.07) is 0. The first-order valence-corrected chi connectivity index (χ1v) is 5.50. The number of hydrogen-bond donors (Lipinski definition) is 0. The molecule has 0 spiro atoms. The molecule has 0 saturated carbocycles. The van der Waals surface area contributed by atoms with Gasteiger partial charge in [0.25, 0.3) is 0 Å². The van der Waals surface area contributed by atoms with E-state index < -0.39 is 11.7 Å². The molecule has 2 aliphatic rings. The van der Waals surface area contributed by atoms with E-state index in [1.54, 1.807) is 4.90 Å². The van der Waals surface area contributed by atoms with Gasteiger partial charge in [-0.1, -0.05) is 0 Å². The zero-order valence-electron chi connectivity index (χ0n) is 9.86. The Morgan fingerprint density at radius 3 is 2.69 bits per heavy atom. The van der Waals surface area contributed by atoms with Gasteiger partial charge < -0.3 is 14.4 Å². The van der Waals surface area contributed by atoms with Gasteiger partial charge in [-0.05, 0) is 20.8 Å². The van der Waals surface area contributed by atoms with Crippen LogP contribution in [0.1, 0.15) is 20.8 Å². The summed E-state index contributed by atoms with van der Waals surface area (Å²) in [6.45, 7) is 6.65. The maximum Gasteiger partial charge on any atom is 0.410 e. The Kier molecular flexibility index (Phi) is 2.66. The number of likely N-dealkylation sites (tertiary alicyclic amines) is 1. The number of piperidine rings is 1. The summed E-state index contributed by atoms with van der Waals surface area (Å²) in [5.74, 6) is -0.0360. The largest absolute Gasteiger partial charge is 0.444 e. The topological polar surface area (TPSA) is 55.8 Å². The SMILES string of the molecule is CC(C)(C)OC(=O)N1C[C@H]2CO[C@H](C1)C2=O. The predicted octanol–water partition coefficient (Wildman–Crippen LogP) is 0.821. The summed E-state index contributed by atoms with van der Waals surface area (Å²) in [5.41, 5.74) is -0.502. The molecule has 2 bridgehead atoms. The molecule has 0 aromatic heterocycles. The van der Waals surface area contributed by atoms with Crippen molar-refractivity contribution >= 4 is 11.9 Å². The molecule has 2 rings (SSSR count). The molecule has 1 amide bonds. The number of carbonyl (C=O) groups excluding carboxylic acids is 2. The second-order valence-corrected chi connectivity index (χ2v) is 5.31. The highest BCUT2D eigenvalue weighted by atomic mass is 16.6. The van der Waals surface area contributed by atoms with Gasteiger partial charge in [-0.15, -0.1) is 0 Å². The van der Waals surface area contributed by atoms with Gasteiger partial charge >= 0.3 is 6.09 Å². The third-order valence-corrected chi connectivity index (χ3v) is 2.70. The van der Waals surface area contributed by atoms with Gasteiger partial charge in [0.2, 0.25) is 0 Å². The van der Waals surface area contributed by atoms with Crippen molar-refractivity contribution in [3.63, 3.8) is 0 Å². The van der Waals surface area contributed by atoms with Gasteiger partial charge in [-0.2, -0.15) is 0 Å². The smallest absolute Gasteiger partial charge is 0.410 e. The first-order valence-electron chi connectivity index (χ1n) is 5.50. The summed E-state index contributed by atoms with van der Waals surface area (Å²) in [5, 5.41) is 0. The summed E-state index contributed by atoms with van der Waals surface area (Å²) in [7, 11) is 0. The number of ketones is 1. The van der Waals surface area contributed by atoms with Crippen molar-refractivity contribution in [2.24, 2.45) is 5.92 Å². The lowest BCUT2D eigenvalue weighted by Crippen LogP contribution is -2.49. The van der Waals surface area contributed by atoms with Gasteiger partial charge in [0.15, 0.2) is 5.78 Å². The van der Waals surface area contributed by atoms with E-state index >= 15 is 0 Å². The van der Waals surface area contributed by atoms with E-state index in [1.807, 2.05) is 20.8 Å². The van der Waals surface area contributed by atoms with Crippen LogP contribution in [0.4, 0.5) is 4.79 Å². The van der Waals surface area contributed by atoms with Crippen molar-refractivity contribution < 1.29 is 19.1 Å². The second-order valence-electron chi connectivity index (χ2n) is 5.31. The summed E-state index contributed by atoms with van der Waals surface area (Å²) in [6.07, 6.45) is -0.799. The van der Waals surface area contributed by atoms with Crippen LogP contribution in [-0.2, 0) is 14.3 Å². The molecule has 0 aliphatic carbocycles. The van der Waals surface area contributed by atoms with Crippen LogP contribution in [0.15, 0.2) is 0 Å². The van der Waals surface area contributed by atoms with E-state index in [4.69, 9.17) is 9.47 Å². The van der Waals surface area contributed by atoms with Crippen LogP contribution in [0.2, 0.25) is 0 Å². The minimum absolute atomic E-state index is 0.125. The number of ether oxygens (including phenoxy) is 2. The Morgan fingerprint density at radius 1 is 1.44 bits per heavy atom. The molecule has 0 aromatic carbocycles. The molecule has 2 fully saturated rings. The van der Waals surface area contributed by atoms with Crippen molar-refractivity contribution in [3.05, 3.63) is 0 Å². The van der Waals surface area contributed by atoms with E-state index in [1.165, 1.54) is 0 Å². The highest BCUT2D eigenvalue weighted by Gasteiger charge is 2.44. The quantitative estimate of drug-likeness (QED) is 0.615. The maximum atomic E-state index is 11.8. The predicted molar refractivity (Wildman–Crippen MR) is 56.0 cm³/mol. The van der Waals surface area contributed by atoms with Crippen molar-refractivity contribution in [1.82, 2.24) is 4.90 Å². The van der Waals surface area contributed by atoms with Crippen molar-refractivity contribution in [2.75, 3.05) is 19.7 Å². The van der Waals surface area contributed by atoms with E-state index in [9.17, 15) is 9.59 Å². The van der Waals surface area contributed by atoms with Crippen LogP contribution in [-0.4, -0.2) is 48.2 Å². The van der Waals surface area contributed by atoms with Crippen LogP contribution < -0.4 is 0 Å². The molecule has 0 unspecified atom stereocenters. The second kappa shape index (κ2) is 3.73. The van der Waals surface area contributed by atoms with Crippen LogP contribution in [0.3, 0.4) is 0 Å². The Bertz CT molecular complexity index is 304. The van der Waals surface area contributed by atoms with Gasteiger partial charge in [-0.25, -0.2) is 4.79 Å².